The first kappa shape index (κ1) is 20.0. The molecule has 0 bridgehead atoms. The van der Waals surface area contributed by atoms with Gasteiger partial charge in [0, 0.05) is 39.8 Å². The van der Waals surface area contributed by atoms with Crippen molar-refractivity contribution in [2.75, 3.05) is 40.0 Å². The van der Waals surface area contributed by atoms with Gasteiger partial charge in [0.25, 0.3) is 0 Å². The largest absolute Gasteiger partial charge is 0.389 e. The zero-order valence-corrected chi connectivity index (χ0v) is 13.8. The Hall–Kier alpha value is -1.02. The van der Waals surface area contributed by atoms with E-state index in [1.807, 2.05) is 0 Å². The van der Waals surface area contributed by atoms with Crippen LogP contribution in [-0.2, 0) is 9.47 Å². The van der Waals surface area contributed by atoms with Gasteiger partial charge in [-0.15, -0.1) is 0 Å². The number of nitrogens with one attached hydrogen (secondary N) is 2. The predicted molar refractivity (Wildman–Crippen MR) is 83.7 cm³/mol. The highest BCUT2D eigenvalue weighted by molar-refractivity contribution is 5.79. The monoisotopic (exact) mass is 339 g/mol. The summed E-state index contributed by atoms with van der Waals surface area (Å²) in [6, 6.07) is 0. The smallest absolute Gasteiger partial charge is 0.379 e. The van der Waals surface area contributed by atoms with Crippen LogP contribution in [-0.4, -0.2) is 58.2 Å². The lowest BCUT2D eigenvalue weighted by atomic mass is 10.2. The summed E-state index contributed by atoms with van der Waals surface area (Å²) < 4.78 is 47.0. The first-order valence-corrected chi connectivity index (χ1v) is 8.22. The fraction of sp³-hybridized carbons (Fsp3) is 0.933. The lowest BCUT2D eigenvalue weighted by Crippen LogP contribution is -2.38. The first-order valence-electron chi connectivity index (χ1n) is 8.22. The van der Waals surface area contributed by atoms with E-state index < -0.39 is 12.6 Å². The average Bonchev–Trinajstić information content (AvgIpc) is 3.00. The van der Waals surface area contributed by atoms with Crippen LogP contribution in [0.4, 0.5) is 13.2 Å². The van der Waals surface area contributed by atoms with E-state index in [2.05, 4.69) is 15.6 Å². The van der Waals surface area contributed by atoms with E-state index in [4.69, 9.17) is 9.47 Å². The van der Waals surface area contributed by atoms with Crippen molar-refractivity contribution in [2.45, 2.75) is 50.8 Å². The third kappa shape index (κ3) is 11.2. The highest BCUT2D eigenvalue weighted by atomic mass is 19.4. The molecule has 0 aromatic heterocycles. The fourth-order valence-corrected chi connectivity index (χ4v) is 2.25. The van der Waals surface area contributed by atoms with Crippen molar-refractivity contribution in [2.24, 2.45) is 4.99 Å². The Morgan fingerprint density at radius 1 is 1.22 bits per heavy atom. The molecule has 1 unspecified atom stereocenters. The van der Waals surface area contributed by atoms with E-state index in [1.165, 1.54) is 0 Å². The molecular formula is C15H28F3N3O2. The average molecular weight is 339 g/mol. The van der Waals surface area contributed by atoms with Gasteiger partial charge >= 0.3 is 6.18 Å². The maximum absolute atomic E-state index is 12.0. The van der Waals surface area contributed by atoms with Gasteiger partial charge in [0.15, 0.2) is 5.96 Å². The van der Waals surface area contributed by atoms with E-state index in [0.29, 0.717) is 38.7 Å². The molecule has 0 aliphatic carbocycles. The van der Waals surface area contributed by atoms with Crippen LogP contribution in [0, 0.1) is 0 Å². The minimum absolute atomic E-state index is 0.130. The molecule has 0 spiro atoms. The number of guanidine groups is 1. The molecule has 0 radical (unpaired) electrons. The Balaban J connectivity index is 1.92. The molecule has 0 aromatic rings. The van der Waals surface area contributed by atoms with Crippen molar-refractivity contribution in [3.05, 3.63) is 0 Å². The fourth-order valence-electron chi connectivity index (χ4n) is 2.25. The Labute approximate surface area is 136 Å². The summed E-state index contributed by atoms with van der Waals surface area (Å²) in [6.07, 6.45) is -0.943. The van der Waals surface area contributed by atoms with E-state index in [0.717, 1.165) is 25.9 Å². The first-order chi connectivity index (χ1) is 11.0. The molecule has 1 aliphatic rings. The molecule has 8 heteroatoms. The zero-order chi connectivity index (χ0) is 17.0. The molecule has 5 nitrogen and oxygen atoms in total. The molecule has 1 aliphatic heterocycles. The van der Waals surface area contributed by atoms with E-state index in [1.54, 1.807) is 7.05 Å². The molecule has 1 saturated heterocycles. The number of hydrogen-bond donors (Lipinski definition) is 2. The van der Waals surface area contributed by atoms with Gasteiger partial charge in [-0.3, -0.25) is 4.99 Å². The van der Waals surface area contributed by atoms with Crippen molar-refractivity contribution in [1.82, 2.24) is 10.6 Å². The molecule has 2 N–H and O–H groups in total. The molecule has 1 rings (SSSR count). The number of aliphatic imine (C=N–C) groups is 1. The predicted octanol–water partition coefficient (Wildman–Crippen LogP) is 2.47. The van der Waals surface area contributed by atoms with Crippen LogP contribution in [0.25, 0.3) is 0 Å². The molecular weight excluding hydrogens is 311 g/mol. The van der Waals surface area contributed by atoms with Crippen LogP contribution in [0.2, 0.25) is 0 Å². The second kappa shape index (κ2) is 11.5. The van der Waals surface area contributed by atoms with Crippen LogP contribution < -0.4 is 10.6 Å². The minimum Gasteiger partial charge on any atom is -0.379 e. The van der Waals surface area contributed by atoms with Gasteiger partial charge < -0.3 is 20.1 Å². The van der Waals surface area contributed by atoms with Crippen molar-refractivity contribution in [3.63, 3.8) is 0 Å². The van der Waals surface area contributed by atoms with Gasteiger partial charge in [0.2, 0.25) is 0 Å². The van der Waals surface area contributed by atoms with Crippen molar-refractivity contribution in [1.29, 1.82) is 0 Å². The van der Waals surface area contributed by atoms with E-state index in [9.17, 15) is 13.2 Å². The van der Waals surface area contributed by atoms with Crippen molar-refractivity contribution < 1.29 is 22.6 Å². The molecule has 136 valence electrons. The summed E-state index contributed by atoms with van der Waals surface area (Å²) in [5.74, 6) is 0.608. The number of rotatable bonds is 10. The number of hydrogen-bond acceptors (Lipinski definition) is 3. The number of nitrogens with zero attached hydrogens (tertiary/aromatic N) is 1. The molecule has 23 heavy (non-hydrogen) atoms. The normalized spacial score (nSPS) is 19.1. The summed E-state index contributed by atoms with van der Waals surface area (Å²) in [6.45, 7) is 3.31. The standard InChI is InChI=1S/C15H28F3N3O2/c1-19-14(20-8-3-2-7-15(16,17)18)21-9-5-10-22-12-13-6-4-11-23-13/h13H,2-12H2,1H3,(H2,19,20,21). The second-order valence-electron chi connectivity index (χ2n) is 5.56. The van der Waals surface area contributed by atoms with E-state index in [-0.39, 0.29) is 12.5 Å². The van der Waals surface area contributed by atoms with Gasteiger partial charge in [0.05, 0.1) is 12.7 Å². The Kier molecular flexibility index (Phi) is 10.0. The molecule has 0 amide bonds. The Morgan fingerprint density at radius 3 is 2.57 bits per heavy atom. The van der Waals surface area contributed by atoms with Gasteiger partial charge in [-0.25, -0.2) is 0 Å². The maximum atomic E-state index is 12.0. The second-order valence-corrected chi connectivity index (χ2v) is 5.56. The maximum Gasteiger partial charge on any atom is 0.389 e. The van der Waals surface area contributed by atoms with Crippen LogP contribution in [0.1, 0.15) is 38.5 Å². The van der Waals surface area contributed by atoms with Gasteiger partial charge in [-0.05, 0) is 32.1 Å². The van der Waals surface area contributed by atoms with Crippen molar-refractivity contribution >= 4 is 5.96 Å². The molecule has 1 atom stereocenters. The topological polar surface area (TPSA) is 54.9 Å². The van der Waals surface area contributed by atoms with Gasteiger partial charge in [0.1, 0.15) is 0 Å². The third-order valence-corrected chi connectivity index (χ3v) is 3.49. The van der Waals surface area contributed by atoms with Crippen LogP contribution in [0.15, 0.2) is 4.99 Å². The Bertz CT molecular complexity index is 332. The summed E-state index contributed by atoms with van der Waals surface area (Å²) in [5.41, 5.74) is 0. The van der Waals surface area contributed by atoms with Gasteiger partial charge in [-0.1, -0.05) is 0 Å². The SMILES string of the molecule is CN=C(NCCCCC(F)(F)F)NCCCOCC1CCCO1. The molecule has 0 saturated carbocycles. The summed E-state index contributed by atoms with van der Waals surface area (Å²) in [7, 11) is 1.64. The third-order valence-electron chi connectivity index (χ3n) is 3.49. The summed E-state index contributed by atoms with van der Waals surface area (Å²) in [5, 5.41) is 6.11. The number of unbranched alkanes of at least 4 members (excludes halogenated alkanes) is 1. The quantitative estimate of drug-likeness (QED) is 0.365. The van der Waals surface area contributed by atoms with E-state index >= 15 is 0 Å². The number of ether oxygens (including phenoxy) is 2. The van der Waals surface area contributed by atoms with Crippen LogP contribution >= 0.6 is 0 Å². The van der Waals surface area contributed by atoms with Crippen LogP contribution in [0.3, 0.4) is 0 Å². The zero-order valence-electron chi connectivity index (χ0n) is 13.8. The van der Waals surface area contributed by atoms with Gasteiger partial charge in [-0.2, -0.15) is 13.2 Å². The molecule has 1 fully saturated rings. The summed E-state index contributed by atoms with van der Waals surface area (Å²) >= 11 is 0. The van der Waals surface area contributed by atoms with Crippen LogP contribution in [0.5, 0.6) is 0 Å². The highest BCUT2D eigenvalue weighted by Crippen LogP contribution is 2.21. The Morgan fingerprint density at radius 2 is 1.96 bits per heavy atom. The number of alkyl halides is 3. The highest BCUT2D eigenvalue weighted by Gasteiger charge is 2.25. The number of halogens is 3. The summed E-state index contributed by atoms with van der Waals surface area (Å²) in [4.78, 5) is 4.03. The lowest BCUT2D eigenvalue weighted by Gasteiger charge is -2.13. The van der Waals surface area contributed by atoms with Crippen molar-refractivity contribution in [3.8, 4) is 0 Å². The molecule has 0 aromatic carbocycles. The lowest BCUT2D eigenvalue weighted by molar-refractivity contribution is -0.135. The molecule has 1 heterocycles. The minimum atomic E-state index is -4.07.